The highest BCUT2D eigenvalue weighted by Gasteiger charge is 2.24. The molecule has 7 nitrogen and oxygen atoms in total. The summed E-state index contributed by atoms with van der Waals surface area (Å²) in [4.78, 5) is 36.5. The number of carboxylic acids is 1. The van der Waals surface area contributed by atoms with Crippen molar-refractivity contribution in [3.8, 4) is 10.8 Å². The lowest BCUT2D eigenvalue weighted by molar-refractivity contribution is -0.139. The smallest absolute Gasteiger partial charge is 0.326 e. The summed E-state index contributed by atoms with van der Waals surface area (Å²) >= 11 is 1.15. The quantitative estimate of drug-likeness (QED) is 0.838. The molecule has 122 valence electrons. The first-order valence-electron chi connectivity index (χ1n) is 7.17. The molecule has 2 N–H and O–H groups in total. The van der Waals surface area contributed by atoms with Crippen LogP contribution < -0.4 is 5.32 Å². The summed E-state index contributed by atoms with van der Waals surface area (Å²) in [6.45, 7) is 5.52. The van der Waals surface area contributed by atoms with Crippen molar-refractivity contribution in [1.29, 1.82) is 0 Å². The Labute approximate surface area is 137 Å². The van der Waals surface area contributed by atoms with E-state index < -0.39 is 17.9 Å². The minimum absolute atomic E-state index is 0.159. The number of nitrogens with zero attached hydrogens (tertiary/aromatic N) is 3. The summed E-state index contributed by atoms with van der Waals surface area (Å²) in [5.41, 5.74) is 0.531. The van der Waals surface area contributed by atoms with E-state index in [0.717, 1.165) is 11.3 Å². The Hall–Kier alpha value is -2.35. The second kappa shape index (κ2) is 7.28. The Morgan fingerprint density at radius 3 is 2.52 bits per heavy atom. The summed E-state index contributed by atoms with van der Waals surface area (Å²) in [7, 11) is 0. The lowest BCUT2D eigenvalue weighted by Gasteiger charge is -2.15. The Morgan fingerprint density at radius 2 is 1.96 bits per heavy atom. The van der Waals surface area contributed by atoms with Crippen molar-refractivity contribution in [3.05, 3.63) is 29.0 Å². The third-order valence-electron chi connectivity index (χ3n) is 3.07. The zero-order chi connectivity index (χ0) is 17.0. The molecule has 1 amide bonds. The van der Waals surface area contributed by atoms with Crippen LogP contribution in [-0.2, 0) is 4.79 Å². The standard InChI is InChI=1S/C15H18N4O3S/c1-8(2)7-10(15(21)22)19-13(20)11-9(3)18-14(23-11)12-16-5-4-6-17-12/h4-6,8,10H,7H2,1-3H3,(H,19,20)(H,21,22). The van der Waals surface area contributed by atoms with Crippen molar-refractivity contribution in [3.63, 3.8) is 0 Å². The average Bonchev–Trinajstić information content (AvgIpc) is 2.89. The van der Waals surface area contributed by atoms with E-state index >= 15 is 0 Å². The highest BCUT2D eigenvalue weighted by molar-refractivity contribution is 7.17. The minimum Gasteiger partial charge on any atom is -0.480 e. The van der Waals surface area contributed by atoms with Gasteiger partial charge in [0.05, 0.1) is 5.69 Å². The van der Waals surface area contributed by atoms with Gasteiger partial charge in [-0.05, 0) is 25.3 Å². The third-order valence-corrected chi connectivity index (χ3v) is 4.22. The first-order valence-corrected chi connectivity index (χ1v) is 7.98. The van der Waals surface area contributed by atoms with Crippen molar-refractivity contribution < 1.29 is 14.7 Å². The molecule has 0 radical (unpaired) electrons. The van der Waals surface area contributed by atoms with Crippen LogP contribution in [0.3, 0.4) is 0 Å². The maximum absolute atomic E-state index is 12.4. The van der Waals surface area contributed by atoms with Crippen LogP contribution in [-0.4, -0.2) is 38.0 Å². The van der Waals surface area contributed by atoms with Gasteiger partial charge in [-0.1, -0.05) is 13.8 Å². The number of aromatic nitrogens is 3. The normalized spacial score (nSPS) is 12.2. The van der Waals surface area contributed by atoms with Gasteiger partial charge < -0.3 is 10.4 Å². The molecule has 0 aliphatic rings. The van der Waals surface area contributed by atoms with E-state index in [1.165, 1.54) is 0 Å². The van der Waals surface area contributed by atoms with Gasteiger partial charge in [-0.25, -0.2) is 19.7 Å². The molecule has 2 aromatic heterocycles. The van der Waals surface area contributed by atoms with Crippen molar-refractivity contribution in [2.45, 2.75) is 33.2 Å². The molecular formula is C15H18N4O3S. The predicted octanol–water partition coefficient (Wildman–Crippen LogP) is 2.14. The fourth-order valence-electron chi connectivity index (χ4n) is 2.03. The number of carbonyl (C=O) groups excluding carboxylic acids is 1. The monoisotopic (exact) mass is 334 g/mol. The summed E-state index contributed by atoms with van der Waals surface area (Å²) < 4.78 is 0. The molecule has 0 saturated carbocycles. The number of thiazole rings is 1. The molecule has 0 aliphatic heterocycles. The topological polar surface area (TPSA) is 105 Å². The molecule has 0 fully saturated rings. The van der Waals surface area contributed by atoms with Gasteiger partial charge in [0.1, 0.15) is 10.9 Å². The van der Waals surface area contributed by atoms with Crippen LogP contribution in [0, 0.1) is 12.8 Å². The first kappa shape index (κ1) is 17.0. The number of carbonyl (C=O) groups is 2. The van der Waals surface area contributed by atoms with E-state index in [4.69, 9.17) is 0 Å². The van der Waals surface area contributed by atoms with Gasteiger partial charge in [0.25, 0.3) is 5.91 Å². The van der Waals surface area contributed by atoms with Crippen LogP contribution in [0.5, 0.6) is 0 Å². The number of hydrogen-bond acceptors (Lipinski definition) is 6. The highest BCUT2D eigenvalue weighted by Crippen LogP contribution is 2.25. The van der Waals surface area contributed by atoms with Crippen molar-refractivity contribution in [1.82, 2.24) is 20.3 Å². The van der Waals surface area contributed by atoms with E-state index in [1.54, 1.807) is 25.4 Å². The molecular weight excluding hydrogens is 316 g/mol. The molecule has 0 aliphatic carbocycles. The summed E-state index contributed by atoms with van der Waals surface area (Å²) in [5, 5.41) is 12.3. The Kier molecular flexibility index (Phi) is 5.38. The number of hydrogen-bond donors (Lipinski definition) is 2. The van der Waals surface area contributed by atoms with E-state index in [-0.39, 0.29) is 5.92 Å². The van der Waals surface area contributed by atoms with Gasteiger partial charge in [0.2, 0.25) is 0 Å². The fourth-order valence-corrected chi connectivity index (χ4v) is 2.95. The maximum atomic E-state index is 12.4. The Morgan fingerprint density at radius 1 is 1.30 bits per heavy atom. The van der Waals surface area contributed by atoms with Gasteiger partial charge in [-0.3, -0.25) is 4.79 Å². The van der Waals surface area contributed by atoms with Crippen LogP contribution in [0.1, 0.15) is 35.6 Å². The number of amides is 1. The van der Waals surface area contributed by atoms with Crippen molar-refractivity contribution in [2.24, 2.45) is 5.92 Å². The molecule has 1 unspecified atom stereocenters. The van der Waals surface area contributed by atoms with Crippen LogP contribution in [0.2, 0.25) is 0 Å². The number of carboxylic acid groups (broad SMARTS) is 1. The van der Waals surface area contributed by atoms with Crippen LogP contribution in [0.25, 0.3) is 10.8 Å². The third kappa shape index (κ3) is 4.32. The molecule has 0 spiro atoms. The molecule has 2 heterocycles. The Balaban J connectivity index is 2.19. The lowest BCUT2D eigenvalue weighted by Crippen LogP contribution is -2.41. The summed E-state index contributed by atoms with van der Waals surface area (Å²) in [5.74, 6) is -0.875. The largest absolute Gasteiger partial charge is 0.480 e. The zero-order valence-corrected chi connectivity index (χ0v) is 13.9. The van der Waals surface area contributed by atoms with Gasteiger partial charge in [-0.15, -0.1) is 11.3 Å². The number of nitrogens with one attached hydrogen (secondary N) is 1. The SMILES string of the molecule is Cc1nc(-c2ncccn2)sc1C(=O)NC(CC(C)C)C(=O)O. The van der Waals surface area contributed by atoms with Crippen molar-refractivity contribution in [2.75, 3.05) is 0 Å². The maximum Gasteiger partial charge on any atom is 0.326 e. The second-order valence-electron chi connectivity index (χ2n) is 5.50. The van der Waals surface area contributed by atoms with E-state index in [2.05, 4.69) is 20.3 Å². The Bertz CT molecular complexity index is 700. The number of rotatable bonds is 6. The highest BCUT2D eigenvalue weighted by atomic mass is 32.1. The molecule has 0 aromatic carbocycles. The molecule has 0 bridgehead atoms. The van der Waals surface area contributed by atoms with Gasteiger partial charge in [0, 0.05) is 12.4 Å². The fraction of sp³-hybridized carbons (Fsp3) is 0.400. The molecule has 23 heavy (non-hydrogen) atoms. The molecule has 8 heteroatoms. The number of aliphatic carboxylic acids is 1. The van der Waals surface area contributed by atoms with E-state index in [1.807, 2.05) is 13.8 Å². The van der Waals surface area contributed by atoms with Gasteiger partial charge in [0.15, 0.2) is 10.8 Å². The van der Waals surface area contributed by atoms with E-state index in [9.17, 15) is 14.7 Å². The van der Waals surface area contributed by atoms with Gasteiger partial charge in [-0.2, -0.15) is 0 Å². The lowest BCUT2D eigenvalue weighted by atomic mass is 10.0. The van der Waals surface area contributed by atoms with Crippen LogP contribution >= 0.6 is 11.3 Å². The zero-order valence-electron chi connectivity index (χ0n) is 13.1. The van der Waals surface area contributed by atoms with E-state index in [0.29, 0.717) is 27.8 Å². The second-order valence-corrected chi connectivity index (χ2v) is 6.50. The van der Waals surface area contributed by atoms with Crippen molar-refractivity contribution >= 4 is 23.2 Å². The molecule has 2 rings (SSSR count). The van der Waals surface area contributed by atoms with Crippen LogP contribution in [0.4, 0.5) is 0 Å². The minimum atomic E-state index is -1.04. The average molecular weight is 334 g/mol. The first-order chi connectivity index (χ1) is 10.9. The molecule has 1 atom stereocenters. The molecule has 0 saturated heterocycles. The number of aryl methyl sites for hydroxylation is 1. The summed E-state index contributed by atoms with van der Waals surface area (Å²) in [6.07, 6.45) is 3.57. The molecule has 2 aromatic rings. The van der Waals surface area contributed by atoms with Crippen LogP contribution in [0.15, 0.2) is 18.5 Å². The summed E-state index contributed by atoms with van der Waals surface area (Å²) in [6, 6.07) is 0.779. The predicted molar refractivity (Wildman–Crippen MR) is 86.2 cm³/mol. The van der Waals surface area contributed by atoms with Gasteiger partial charge >= 0.3 is 5.97 Å².